The fraction of sp³-hybridized carbons (Fsp3) is 0.500. The molecule has 0 fully saturated rings. The van der Waals surface area contributed by atoms with Gasteiger partial charge in [0.25, 0.3) is 0 Å². The van der Waals surface area contributed by atoms with Crippen LogP contribution in [0.1, 0.15) is 23.8 Å². The second kappa shape index (κ2) is 4.82. The summed E-state index contributed by atoms with van der Waals surface area (Å²) in [6.45, 7) is 3.16. The van der Waals surface area contributed by atoms with E-state index in [-0.39, 0.29) is 5.78 Å². The van der Waals surface area contributed by atoms with E-state index in [4.69, 9.17) is 4.74 Å². The van der Waals surface area contributed by atoms with E-state index in [1.54, 1.807) is 14.0 Å². The Morgan fingerprint density at radius 1 is 1.62 bits per heavy atom. The van der Waals surface area contributed by atoms with Gasteiger partial charge in [-0.3, -0.25) is 4.79 Å². The molecule has 1 aromatic rings. The van der Waals surface area contributed by atoms with Crippen molar-refractivity contribution in [2.45, 2.75) is 19.9 Å². The topological polar surface area (TPSA) is 31.2 Å². The zero-order valence-electron chi connectivity index (χ0n) is 8.12. The van der Waals surface area contributed by atoms with Gasteiger partial charge in [0.2, 0.25) is 0 Å². The molecule has 0 saturated heterocycles. The Bertz CT molecular complexity index is 278. The average molecular weight is 181 g/mol. The molecule has 3 nitrogen and oxygen atoms in total. The lowest BCUT2D eigenvalue weighted by Crippen LogP contribution is -2.07. The van der Waals surface area contributed by atoms with Gasteiger partial charge in [0.05, 0.1) is 5.69 Å². The van der Waals surface area contributed by atoms with Gasteiger partial charge in [-0.15, -0.1) is 0 Å². The third-order valence-electron chi connectivity index (χ3n) is 1.94. The molecule has 0 amide bonds. The van der Waals surface area contributed by atoms with Crippen LogP contribution in [-0.4, -0.2) is 24.1 Å². The molecule has 13 heavy (non-hydrogen) atoms. The van der Waals surface area contributed by atoms with E-state index >= 15 is 0 Å². The molecule has 0 bridgehead atoms. The highest BCUT2D eigenvalue weighted by Gasteiger charge is 2.04. The Morgan fingerprint density at radius 2 is 2.38 bits per heavy atom. The molecular weight excluding hydrogens is 166 g/mol. The van der Waals surface area contributed by atoms with Crippen molar-refractivity contribution in [2.24, 2.45) is 0 Å². The smallest absolute Gasteiger partial charge is 0.176 e. The standard InChI is InChI=1S/C10H15NO2/c1-9(12)10-5-3-6-11(10)7-4-8-13-2/h3,5-6H,4,7-8H2,1-2H3. The Kier molecular flexibility index (Phi) is 3.71. The summed E-state index contributed by atoms with van der Waals surface area (Å²) in [5.41, 5.74) is 0.774. The summed E-state index contributed by atoms with van der Waals surface area (Å²) >= 11 is 0. The number of nitrogens with zero attached hydrogens (tertiary/aromatic N) is 1. The molecule has 1 heterocycles. The van der Waals surface area contributed by atoms with Gasteiger partial charge in [-0.25, -0.2) is 0 Å². The number of ketones is 1. The minimum absolute atomic E-state index is 0.113. The van der Waals surface area contributed by atoms with E-state index in [0.29, 0.717) is 0 Å². The quantitative estimate of drug-likeness (QED) is 0.511. The number of ether oxygens (including phenoxy) is 1. The summed E-state index contributed by atoms with van der Waals surface area (Å²) in [6, 6.07) is 3.73. The van der Waals surface area contributed by atoms with Crippen LogP contribution in [0.3, 0.4) is 0 Å². The molecule has 0 atom stereocenters. The highest BCUT2D eigenvalue weighted by molar-refractivity contribution is 5.92. The van der Waals surface area contributed by atoms with E-state index in [1.165, 1.54) is 0 Å². The first-order valence-electron chi connectivity index (χ1n) is 4.40. The SMILES string of the molecule is COCCCn1cccc1C(C)=O. The molecule has 1 aromatic heterocycles. The number of hydrogen-bond acceptors (Lipinski definition) is 2. The number of aromatic nitrogens is 1. The summed E-state index contributed by atoms with van der Waals surface area (Å²) < 4.78 is 6.90. The number of carbonyl (C=O) groups is 1. The molecule has 0 spiro atoms. The van der Waals surface area contributed by atoms with Crippen molar-refractivity contribution >= 4 is 5.78 Å². The van der Waals surface area contributed by atoms with Crippen LogP contribution in [0, 0.1) is 0 Å². The van der Waals surface area contributed by atoms with Crippen LogP contribution in [0.2, 0.25) is 0 Å². The normalized spacial score (nSPS) is 10.3. The fourth-order valence-electron chi connectivity index (χ4n) is 1.31. The van der Waals surface area contributed by atoms with Gasteiger partial charge in [0, 0.05) is 33.4 Å². The van der Waals surface area contributed by atoms with Gasteiger partial charge in [-0.05, 0) is 18.6 Å². The minimum atomic E-state index is 0.113. The van der Waals surface area contributed by atoms with E-state index < -0.39 is 0 Å². The Hall–Kier alpha value is -1.09. The zero-order chi connectivity index (χ0) is 9.68. The van der Waals surface area contributed by atoms with Gasteiger partial charge < -0.3 is 9.30 Å². The van der Waals surface area contributed by atoms with Crippen molar-refractivity contribution in [3.8, 4) is 0 Å². The summed E-state index contributed by atoms with van der Waals surface area (Å²) in [5.74, 6) is 0.113. The third kappa shape index (κ3) is 2.70. The van der Waals surface area contributed by atoms with Crippen molar-refractivity contribution < 1.29 is 9.53 Å². The summed E-state index contributed by atoms with van der Waals surface area (Å²) in [4.78, 5) is 11.1. The van der Waals surface area contributed by atoms with Crippen LogP contribution in [0.5, 0.6) is 0 Å². The van der Waals surface area contributed by atoms with E-state index in [2.05, 4.69) is 0 Å². The average Bonchev–Trinajstić information content (AvgIpc) is 2.53. The van der Waals surface area contributed by atoms with E-state index in [0.717, 1.165) is 25.3 Å². The highest BCUT2D eigenvalue weighted by Crippen LogP contribution is 2.04. The molecule has 0 unspecified atom stereocenters. The first-order chi connectivity index (χ1) is 6.25. The minimum Gasteiger partial charge on any atom is -0.385 e. The molecule has 0 aliphatic heterocycles. The molecule has 1 rings (SSSR count). The molecule has 0 radical (unpaired) electrons. The molecule has 72 valence electrons. The molecule has 0 aliphatic rings. The molecule has 0 N–H and O–H groups in total. The molecular formula is C10H15NO2. The van der Waals surface area contributed by atoms with Crippen molar-refractivity contribution in [3.63, 3.8) is 0 Å². The Labute approximate surface area is 78.3 Å². The van der Waals surface area contributed by atoms with Crippen LogP contribution in [0.4, 0.5) is 0 Å². The monoisotopic (exact) mass is 181 g/mol. The van der Waals surface area contributed by atoms with Crippen molar-refractivity contribution in [3.05, 3.63) is 24.0 Å². The fourth-order valence-corrected chi connectivity index (χ4v) is 1.31. The number of aryl methyl sites for hydroxylation is 1. The van der Waals surface area contributed by atoms with Gasteiger partial charge in [-0.2, -0.15) is 0 Å². The maximum absolute atomic E-state index is 11.1. The summed E-state index contributed by atoms with van der Waals surface area (Å²) in [7, 11) is 1.68. The Balaban J connectivity index is 2.55. The van der Waals surface area contributed by atoms with Crippen molar-refractivity contribution in [2.75, 3.05) is 13.7 Å². The number of hydrogen-bond donors (Lipinski definition) is 0. The Morgan fingerprint density at radius 3 is 3.00 bits per heavy atom. The second-order valence-corrected chi connectivity index (χ2v) is 2.99. The molecule has 0 aromatic carbocycles. The van der Waals surface area contributed by atoms with Crippen LogP contribution in [-0.2, 0) is 11.3 Å². The molecule has 0 saturated carbocycles. The van der Waals surface area contributed by atoms with Crippen LogP contribution < -0.4 is 0 Å². The lowest BCUT2D eigenvalue weighted by Gasteiger charge is -2.05. The van der Waals surface area contributed by atoms with Gasteiger partial charge in [0.15, 0.2) is 5.78 Å². The van der Waals surface area contributed by atoms with Crippen LogP contribution in [0.15, 0.2) is 18.3 Å². The number of methoxy groups -OCH3 is 1. The van der Waals surface area contributed by atoms with Crippen LogP contribution in [0.25, 0.3) is 0 Å². The molecule has 3 heteroatoms. The predicted octanol–water partition coefficient (Wildman–Crippen LogP) is 1.73. The predicted molar refractivity (Wildman–Crippen MR) is 50.9 cm³/mol. The van der Waals surface area contributed by atoms with Crippen LogP contribution >= 0.6 is 0 Å². The zero-order valence-corrected chi connectivity index (χ0v) is 8.12. The maximum atomic E-state index is 11.1. The van der Waals surface area contributed by atoms with Crippen molar-refractivity contribution in [1.82, 2.24) is 4.57 Å². The maximum Gasteiger partial charge on any atom is 0.176 e. The van der Waals surface area contributed by atoms with Gasteiger partial charge in [-0.1, -0.05) is 0 Å². The van der Waals surface area contributed by atoms with Crippen molar-refractivity contribution in [1.29, 1.82) is 0 Å². The number of Topliss-reactive ketones (excluding diaryl/α,β-unsaturated/α-hetero) is 1. The lowest BCUT2D eigenvalue weighted by molar-refractivity contribution is 0.100. The summed E-state index contributed by atoms with van der Waals surface area (Å²) in [5, 5.41) is 0. The number of rotatable bonds is 5. The van der Waals surface area contributed by atoms with Gasteiger partial charge >= 0.3 is 0 Å². The van der Waals surface area contributed by atoms with E-state index in [9.17, 15) is 4.79 Å². The van der Waals surface area contributed by atoms with Gasteiger partial charge in [0.1, 0.15) is 0 Å². The number of carbonyl (C=O) groups excluding carboxylic acids is 1. The first kappa shape index (κ1) is 9.99. The second-order valence-electron chi connectivity index (χ2n) is 2.99. The largest absolute Gasteiger partial charge is 0.385 e. The third-order valence-corrected chi connectivity index (χ3v) is 1.94. The molecule has 0 aliphatic carbocycles. The lowest BCUT2D eigenvalue weighted by atomic mass is 10.3. The summed E-state index contributed by atoms with van der Waals surface area (Å²) in [6.07, 6.45) is 2.86. The first-order valence-corrected chi connectivity index (χ1v) is 4.40. The van der Waals surface area contributed by atoms with E-state index in [1.807, 2.05) is 22.9 Å². The highest BCUT2D eigenvalue weighted by atomic mass is 16.5.